The fraction of sp³-hybridized carbons (Fsp3) is 0.297. The van der Waals surface area contributed by atoms with Crippen LogP contribution < -0.4 is 25.0 Å². The van der Waals surface area contributed by atoms with Crippen molar-refractivity contribution in [2.75, 3.05) is 37.8 Å². The minimum absolute atomic E-state index is 0.0817. The standard InChI is InChI=1S/C37H44N4O6S/c1-26(29-13-9-6-10-14-29)39-36(43)30-22-31(24-32(23-30)41(2)48(4,45)46)37(44)40-34(21-28-11-7-5-8-12-28)35(42)25-38-20-19-27-15-17-33(47-3)18-16-27/h5-18,22-24,26,34-35,38,42H,19-21,25H2,1-4H3,(H,39,43)(H,40,44)/t26-,34+,35-/m1/s1. The Labute approximate surface area is 283 Å². The lowest BCUT2D eigenvalue weighted by atomic mass is 10.00. The van der Waals surface area contributed by atoms with Crippen molar-refractivity contribution in [1.82, 2.24) is 16.0 Å². The molecule has 11 heteroatoms. The highest BCUT2D eigenvalue weighted by molar-refractivity contribution is 7.92. The summed E-state index contributed by atoms with van der Waals surface area (Å²) in [6.45, 7) is 2.67. The van der Waals surface area contributed by atoms with Gasteiger partial charge in [-0.05, 0) is 73.3 Å². The van der Waals surface area contributed by atoms with Crippen molar-refractivity contribution in [1.29, 1.82) is 0 Å². The van der Waals surface area contributed by atoms with Crippen LogP contribution in [0.25, 0.3) is 0 Å². The molecule has 0 fully saturated rings. The van der Waals surface area contributed by atoms with Gasteiger partial charge in [0.2, 0.25) is 10.0 Å². The molecule has 0 bridgehead atoms. The summed E-state index contributed by atoms with van der Waals surface area (Å²) in [4.78, 5) is 27.2. The van der Waals surface area contributed by atoms with E-state index in [2.05, 4.69) is 16.0 Å². The number of amides is 2. The molecule has 0 unspecified atom stereocenters. The Morgan fingerprint density at radius 1 is 0.833 bits per heavy atom. The van der Waals surface area contributed by atoms with E-state index >= 15 is 0 Å². The van der Waals surface area contributed by atoms with Crippen LogP contribution in [0.3, 0.4) is 0 Å². The number of hydrogen-bond acceptors (Lipinski definition) is 7. The molecule has 0 aliphatic carbocycles. The topological polar surface area (TPSA) is 137 Å². The molecule has 4 N–H and O–H groups in total. The number of hydrogen-bond donors (Lipinski definition) is 4. The number of aliphatic hydroxyl groups excluding tert-OH is 1. The Morgan fingerprint density at radius 3 is 2.00 bits per heavy atom. The quantitative estimate of drug-likeness (QED) is 0.132. The van der Waals surface area contributed by atoms with E-state index in [4.69, 9.17) is 4.74 Å². The zero-order chi connectivity index (χ0) is 34.7. The van der Waals surface area contributed by atoms with E-state index in [1.54, 1.807) is 7.11 Å². The van der Waals surface area contributed by atoms with Crippen LogP contribution in [-0.4, -0.2) is 71.0 Å². The number of rotatable bonds is 16. The molecule has 0 saturated carbocycles. The zero-order valence-electron chi connectivity index (χ0n) is 27.7. The lowest BCUT2D eigenvalue weighted by Gasteiger charge is -2.25. The summed E-state index contributed by atoms with van der Waals surface area (Å²) in [5.41, 5.74) is 3.28. The monoisotopic (exact) mass is 672 g/mol. The van der Waals surface area contributed by atoms with Gasteiger partial charge in [-0.3, -0.25) is 13.9 Å². The molecule has 48 heavy (non-hydrogen) atoms. The van der Waals surface area contributed by atoms with Crippen LogP contribution in [0.15, 0.2) is 103 Å². The first-order chi connectivity index (χ1) is 22.9. The van der Waals surface area contributed by atoms with Crippen LogP contribution in [0.1, 0.15) is 50.4 Å². The van der Waals surface area contributed by atoms with E-state index in [-0.39, 0.29) is 29.4 Å². The first-order valence-corrected chi connectivity index (χ1v) is 17.6. The van der Waals surface area contributed by atoms with Crippen LogP contribution in [0, 0.1) is 0 Å². The maximum absolute atomic E-state index is 13.8. The number of nitrogens with zero attached hydrogens (tertiary/aromatic N) is 1. The van der Waals surface area contributed by atoms with Gasteiger partial charge in [0.05, 0.1) is 37.2 Å². The number of anilines is 1. The van der Waals surface area contributed by atoms with Crippen LogP contribution >= 0.6 is 0 Å². The summed E-state index contributed by atoms with van der Waals surface area (Å²) < 4.78 is 31.1. The van der Waals surface area contributed by atoms with Gasteiger partial charge >= 0.3 is 0 Å². The molecule has 2 amide bonds. The van der Waals surface area contributed by atoms with E-state index in [9.17, 15) is 23.1 Å². The van der Waals surface area contributed by atoms with Gasteiger partial charge in [-0.1, -0.05) is 72.8 Å². The maximum atomic E-state index is 13.8. The summed E-state index contributed by atoms with van der Waals surface area (Å²) in [5.74, 6) is -0.238. The fourth-order valence-corrected chi connectivity index (χ4v) is 5.66. The van der Waals surface area contributed by atoms with Crippen molar-refractivity contribution in [3.8, 4) is 5.75 Å². The molecule has 0 radical (unpaired) electrons. The Bertz CT molecular complexity index is 1750. The molecule has 0 aromatic heterocycles. The van der Waals surface area contributed by atoms with Gasteiger partial charge in [-0.15, -0.1) is 0 Å². The van der Waals surface area contributed by atoms with Crippen LogP contribution in [-0.2, 0) is 22.9 Å². The van der Waals surface area contributed by atoms with Crippen molar-refractivity contribution < 1.29 is 27.9 Å². The number of carbonyl (C=O) groups is 2. The number of methoxy groups -OCH3 is 1. The third-order valence-corrected chi connectivity index (χ3v) is 9.34. The molecule has 4 aromatic carbocycles. The number of benzene rings is 4. The second-order valence-electron chi connectivity index (χ2n) is 11.7. The molecular weight excluding hydrogens is 628 g/mol. The summed E-state index contributed by atoms with van der Waals surface area (Å²) in [7, 11) is -0.722. The molecule has 10 nitrogen and oxygen atoms in total. The largest absolute Gasteiger partial charge is 0.497 e. The maximum Gasteiger partial charge on any atom is 0.251 e. The third-order valence-electron chi connectivity index (χ3n) is 8.13. The van der Waals surface area contributed by atoms with Gasteiger partial charge < -0.3 is 25.8 Å². The minimum Gasteiger partial charge on any atom is -0.497 e. The molecule has 4 aromatic rings. The highest BCUT2D eigenvalue weighted by atomic mass is 32.2. The van der Waals surface area contributed by atoms with Crippen LogP contribution in [0.2, 0.25) is 0 Å². The lowest BCUT2D eigenvalue weighted by Crippen LogP contribution is -2.49. The van der Waals surface area contributed by atoms with Crippen molar-refractivity contribution in [3.05, 3.63) is 131 Å². The predicted octanol–water partition coefficient (Wildman–Crippen LogP) is 4.12. The van der Waals surface area contributed by atoms with Crippen LogP contribution in [0.4, 0.5) is 5.69 Å². The van der Waals surface area contributed by atoms with E-state index < -0.39 is 34.0 Å². The van der Waals surface area contributed by atoms with E-state index in [0.717, 1.165) is 39.4 Å². The first kappa shape index (κ1) is 36.1. The second kappa shape index (κ2) is 16.9. The van der Waals surface area contributed by atoms with E-state index in [0.29, 0.717) is 13.0 Å². The average molecular weight is 673 g/mol. The predicted molar refractivity (Wildman–Crippen MR) is 189 cm³/mol. The summed E-state index contributed by atoms with van der Waals surface area (Å²) in [6.07, 6.45) is 1.17. The van der Waals surface area contributed by atoms with Crippen LogP contribution in [0.5, 0.6) is 5.75 Å². The van der Waals surface area contributed by atoms with Gasteiger partial charge in [-0.25, -0.2) is 8.42 Å². The Hall–Kier alpha value is -4.71. The molecule has 0 aliphatic heterocycles. The average Bonchev–Trinajstić information content (AvgIpc) is 3.09. The molecule has 0 aliphatic rings. The van der Waals surface area contributed by atoms with Gasteiger partial charge in [0.1, 0.15) is 5.75 Å². The highest BCUT2D eigenvalue weighted by Crippen LogP contribution is 2.22. The first-order valence-electron chi connectivity index (χ1n) is 15.8. The molecule has 0 spiro atoms. The number of ether oxygens (including phenoxy) is 1. The molecule has 4 rings (SSSR count). The molecular formula is C37H44N4O6S. The molecule has 3 atom stereocenters. The lowest BCUT2D eigenvalue weighted by molar-refractivity contribution is 0.0831. The number of carbonyl (C=O) groups excluding carboxylic acids is 2. The van der Waals surface area contributed by atoms with Gasteiger partial charge in [0, 0.05) is 24.7 Å². The second-order valence-corrected chi connectivity index (χ2v) is 13.8. The van der Waals surface area contributed by atoms with E-state index in [1.165, 1.54) is 25.2 Å². The molecule has 0 heterocycles. The van der Waals surface area contributed by atoms with Crippen molar-refractivity contribution in [3.63, 3.8) is 0 Å². The van der Waals surface area contributed by atoms with Gasteiger partial charge in [0.25, 0.3) is 11.8 Å². The van der Waals surface area contributed by atoms with E-state index in [1.807, 2.05) is 91.9 Å². The number of aliphatic hydroxyl groups is 1. The Kier molecular flexibility index (Phi) is 12.7. The minimum atomic E-state index is -3.71. The molecule has 254 valence electrons. The zero-order valence-corrected chi connectivity index (χ0v) is 28.5. The van der Waals surface area contributed by atoms with Gasteiger partial charge in [0.15, 0.2) is 0 Å². The van der Waals surface area contributed by atoms with Crippen molar-refractivity contribution in [2.24, 2.45) is 0 Å². The SMILES string of the molecule is COc1ccc(CCNC[C@@H](O)[C@H](Cc2ccccc2)NC(=O)c2cc(C(=O)N[C@H](C)c3ccccc3)cc(N(C)S(C)(=O)=O)c2)cc1. The Morgan fingerprint density at radius 2 is 1.42 bits per heavy atom. The summed E-state index contributed by atoms with van der Waals surface area (Å²) >= 11 is 0. The number of sulfonamides is 1. The summed E-state index contributed by atoms with van der Waals surface area (Å²) in [5, 5.41) is 20.4. The normalized spacial score (nSPS) is 13.2. The van der Waals surface area contributed by atoms with Gasteiger partial charge in [-0.2, -0.15) is 0 Å². The smallest absolute Gasteiger partial charge is 0.251 e. The highest BCUT2D eigenvalue weighted by Gasteiger charge is 2.25. The van der Waals surface area contributed by atoms with Crippen molar-refractivity contribution >= 4 is 27.5 Å². The summed E-state index contributed by atoms with van der Waals surface area (Å²) in [6, 6.07) is 30.0. The Balaban J connectivity index is 1.53. The number of nitrogens with one attached hydrogen (secondary N) is 3. The molecule has 0 saturated heterocycles. The third kappa shape index (κ3) is 10.4. The fourth-order valence-electron chi connectivity index (χ4n) is 5.17. The van der Waals surface area contributed by atoms with Crippen molar-refractivity contribution in [2.45, 2.75) is 38.0 Å².